The minimum Gasteiger partial charge on any atom is -0.476 e. The predicted molar refractivity (Wildman–Crippen MR) is 58.3 cm³/mol. The van der Waals surface area contributed by atoms with Crippen LogP contribution in [0.4, 0.5) is 0 Å². The first-order chi connectivity index (χ1) is 7.99. The molecule has 0 bridgehead atoms. The standard InChI is InChI=1S/C10H13NO5S/c12-10(13)9-5-7(16-11-9)6-17(14,15)8-3-1-2-4-8/h5,8H,1-4,6H2,(H,12,13). The summed E-state index contributed by atoms with van der Waals surface area (Å²) >= 11 is 0. The van der Waals surface area contributed by atoms with E-state index >= 15 is 0 Å². The van der Waals surface area contributed by atoms with Crippen molar-refractivity contribution in [2.24, 2.45) is 0 Å². The third kappa shape index (κ3) is 2.66. The van der Waals surface area contributed by atoms with Crippen LogP contribution in [0.3, 0.4) is 0 Å². The fourth-order valence-corrected chi connectivity index (χ4v) is 3.87. The van der Waals surface area contributed by atoms with Crippen LogP contribution in [0.1, 0.15) is 41.9 Å². The molecular formula is C10H13NO5S. The van der Waals surface area contributed by atoms with Crippen LogP contribution in [0.2, 0.25) is 0 Å². The number of hydrogen-bond donors (Lipinski definition) is 1. The van der Waals surface area contributed by atoms with Crippen LogP contribution in [-0.2, 0) is 15.6 Å². The van der Waals surface area contributed by atoms with E-state index in [0.717, 1.165) is 18.9 Å². The van der Waals surface area contributed by atoms with Gasteiger partial charge in [0.25, 0.3) is 0 Å². The monoisotopic (exact) mass is 259 g/mol. The normalized spacial score (nSPS) is 17.4. The lowest BCUT2D eigenvalue weighted by atomic mass is 10.4. The molecule has 1 aliphatic carbocycles. The van der Waals surface area contributed by atoms with Crippen LogP contribution in [0, 0.1) is 0 Å². The van der Waals surface area contributed by atoms with Gasteiger partial charge in [0.2, 0.25) is 0 Å². The van der Waals surface area contributed by atoms with Gasteiger partial charge in [0.15, 0.2) is 21.3 Å². The molecule has 0 radical (unpaired) electrons. The summed E-state index contributed by atoms with van der Waals surface area (Å²) in [5, 5.41) is 11.6. The Labute approximate surface area is 98.5 Å². The van der Waals surface area contributed by atoms with Gasteiger partial charge in [0, 0.05) is 6.07 Å². The van der Waals surface area contributed by atoms with Gasteiger partial charge >= 0.3 is 5.97 Å². The highest BCUT2D eigenvalue weighted by Crippen LogP contribution is 2.27. The van der Waals surface area contributed by atoms with E-state index in [1.165, 1.54) is 0 Å². The van der Waals surface area contributed by atoms with E-state index < -0.39 is 15.8 Å². The first kappa shape index (κ1) is 12.1. The smallest absolute Gasteiger partial charge is 0.358 e. The zero-order valence-corrected chi connectivity index (χ0v) is 9.94. The molecule has 1 fully saturated rings. The summed E-state index contributed by atoms with van der Waals surface area (Å²) in [6, 6.07) is 1.16. The number of aromatic nitrogens is 1. The zero-order valence-electron chi connectivity index (χ0n) is 9.13. The Morgan fingerprint density at radius 2 is 2.12 bits per heavy atom. The molecule has 0 spiro atoms. The van der Waals surface area contributed by atoms with Gasteiger partial charge in [0.1, 0.15) is 5.75 Å². The maximum absolute atomic E-state index is 11.9. The predicted octanol–water partition coefficient (Wildman–Crippen LogP) is 1.23. The van der Waals surface area contributed by atoms with Gasteiger partial charge in [-0.05, 0) is 12.8 Å². The molecule has 0 aliphatic heterocycles. The lowest BCUT2D eigenvalue weighted by molar-refractivity contribution is 0.0685. The minimum atomic E-state index is -3.25. The maximum atomic E-state index is 11.9. The fraction of sp³-hybridized carbons (Fsp3) is 0.600. The lowest BCUT2D eigenvalue weighted by Gasteiger charge is -2.08. The Morgan fingerprint density at radius 1 is 1.47 bits per heavy atom. The van der Waals surface area contributed by atoms with Crippen molar-refractivity contribution in [1.82, 2.24) is 5.16 Å². The molecule has 1 saturated carbocycles. The number of aromatic carboxylic acids is 1. The molecule has 7 heteroatoms. The molecule has 17 heavy (non-hydrogen) atoms. The average Bonchev–Trinajstić information content (AvgIpc) is 2.85. The third-order valence-corrected chi connectivity index (χ3v) is 5.11. The summed E-state index contributed by atoms with van der Waals surface area (Å²) in [5.41, 5.74) is -0.262. The molecule has 0 amide bonds. The molecule has 6 nitrogen and oxygen atoms in total. The van der Waals surface area contributed by atoms with E-state index in [1.54, 1.807) is 0 Å². The van der Waals surface area contributed by atoms with Crippen molar-refractivity contribution < 1.29 is 22.8 Å². The number of hydrogen-bond acceptors (Lipinski definition) is 5. The number of carbonyl (C=O) groups is 1. The highest BCUT2D eigenvalue weighted by Gasteiger charge is 2.30. The van der Waals surface area contributed by atoms with Crippen LogP contribution in [-0.4, -0.2) is 29.9 Å². The first-order valence-corrected chi connectivity index (χ1v) is 7.11. The van der Waals surface area contributed by atoms with Gasteiger partial charge < -0.3 is 9.63 Å². The largest absolute Gasteiger partial charge is 0.476 e. The van der Waals surface area contributed by atoms with E-state index in [-0.39, 0.29) is 22.5 Å². The highest BCUT2D eigenvalue weighted by molar-refractivity contribution is 7.91. The van der Waals surface area contributed by atoms with E-state index in [1.807, 2.05) is 0 Å². The van der Waals surface area contributed by atoms with Crippen molar-refractivity contribution >= 4 is 15.8 Å². The van der Waals surface area contributed by atoms with Crippen molar-refractivity contribution in [3.63, 3.8) is 0 Å². The Kier molecular flexibility index (Phi) is 3.19. The second-order valence-electron chi connectivity index (χ2n) is 4.20. The number of rotatable bonds is 4. The third-order valence-electron chi connectivity index (χ3n) is 2.93. The molecule has 0 saturated heterocycles. The molecule has 0 unspecified atom stereocenters. The maximum Gasteiger partial charge on any atom is 0.358 e. The summed E-state index contributed by atoms with van der Waals surface area (Å²) in [5.74, 6) is -1.40. The highest BCUT2D eigenvalue weighted by atomic mass is 32.2. The molecule has 1 aromatic heterocycles. The topological polar surface area (TPSA) is 97.5 Å². The van der Waals surface area contributed by atoms with Crippen LogP contribution >= 0.6 is 0 Å². The molecule has 2 rings (SSSR count). The molecule has 1 aromatic rings. The summed E-state index contributed by atoms with van der Waals surface area (Å²) < 4.78 is 28.6. The first-order valence-electron chi connectivity index (χ1n) is 5.39. The Hall–Kier alpha value is -1.37. The van der Waals surface area contributed by atoms with Crippen molar-refractivity contribution in [2.45, 2.75) is 36.7 Å². The molecular weight excluding hydrogens is 246 g/mol. The second kappa shape index (κ2) is 4.48. The van der Waals surface area contributed by atoms with Crippen molar-refractivity contribution in [3.05, 3.63) is 17.5 Å². The van der Waals surface area contributed by atoms with Gasteiger partial charge in [0.05, 0.1) is 5.25 Å². The zero-order chi connectivity index (χ0) is 12.5. The summed E-state index contributed by atoms with van der Waals surface area (Å²) in [7, 11) is -3.25. The summed E-state index contributed by atoms with van der Waals surface area (Å²) in [6.45, 7) is 0. The van der Waals surface area contributed by atoms with Crippen LogP contribution in [0.15, 0.2) is 10.6 Å². The molecule has 1 aliphatic rings. The van der Waals surface area contributed by atoms with Gasteiger partial charge in [-0.2, -0.15) is 0 Å². The lowest BCUT2D eigenvalue weighted by Crippen LogP contribution is -2.19. The molecule has 1 heterocycles. The Bertz CT molecular complexity index is 513. The molecule has 0 aromatic carbocycles. The van der Waals surface area contributed by atoms with Crippen molar-refractivity contribution in [1.29, 1.82) is 0 Å². The van der Waals surface area contributed by atoms with Gasteiger partial charge in [-0.15, -0.1) is 0 Å². The second-order valence-corrected chi connectivity index (χ2v) is 6.48. The van der Waals surface area contributed by atoms with Crippen LogP contribution in [0.5, 0.6) is 0 Å². The van der Waals surface area contributed by atoms with Gasteiger partial charge in [-0.3, -0.25) is 0 Å². The van der Waals surface area contributed by atoms with Crippen LogP contribution in [0.25, 0.3) is 0 Å². The van der Waals surface area contributed by atoms with E-state index in [0.29, 0.717) is 12.8 Å². The summed E-state index contributed by atoms with van der Waals surface area (Å²) in [4.78, 5) is 10.6. The number of carboxylic acid groups (broad SMARTS) is 1. The molecule has 94 valence electrons. The van der Waals surface area contributed by atoms with E-state index in [2.05, 4.69) is 5.16 Å². The summed E-state index contributed by atoms with van der Waals surface area (Å²) in [6.07, 6.45) is 3.23. The van der Waals surface area contributed by atoms with E-state index in [9.17, 15) is 13.2 Å². The SMILES string of the molecule is O=C(O)c1cc(CS(=O)(=O)C2CCCC2)on1. The number of carboxylic acids is 1. The quantitative estimate of drug-likeness (QED) is 0.873. The minimum absolute atomic E-state index is 0.0919. The van der Waals surface area contributed by atoms with Crippen LogP contribution < -0.4 is 0 Å². The average molecular weight is 259 g/mol. The number of nitrogens with zero attached hydrogens (tertiary/aromatic N) is 1. The fourth-order valence-electron chi connectivity index (χ4n) is 2.05. The van der Waals surface area contributed by atoms with Gasteiger partial charge in [-0.1, -0.05) is 18.0 Å². The number of sulfone groups is 1. The molecule has 1 N–H and O–H groups in total. The Morgan fingerprint density at radius 3 is 2.65 bits per heavy atom. The van der Waals surface area contributed by atoms with Gasteiger partial charge in [-0.25, -0.2) is 13.2 Å². The molecule has 0 atom stereocenters. The van der Waals surface area contributed by atoms with Crippen molar-refractivity contribution in [3.8, 4) is 0 Å². The van der Waals surface area contributed by atoms with E-state index in [4.69, 9.17) is 9.63 Å². The van der Waals surface area contributed by atoms with Crippen molar-refractivity contribution in [2.75, 3.05) is 0 Å². The Balaban J connectivity index is 2.11.